The lowest BCUT2D eigenvalue weighted by atomic mass is 10.1. The molecule has 0 radical (unpaired) electrons. The summed E-state index contributed by atoms with van der Waals surface area (Å²) in [6.45, 7) is 2.08. The van der Waals surface area contributed by atoms with Gasteiger partial charge in [0, 0.05) is 18.9 Å². The van der Waals surface area contributed by atoms with Crippen LogP contribution in [-0.2, 0) is 4.79 Å². The van der Waals surface area contributed by atoms with E-state index in [1.807, 2.05) is 6.08 Å². The third-order valence-corrected chi connectivity index (χ3v) is 3.71. The van der Waals surface area contributed by atoms with E-state index >= 15 is 0 Å². The van der Waals surface area contributed by atoms with Crippen molar-refractivity contribution >= 4 is 5.97 Å². The molecule has 0 aliphatic carbocycles. The molecule has 0 amide bonds. The fourth-order valence-corrected chi connectivity index (χ4v) is 2.31. The van der Waals surface area contributed by atoms with Gasteiger partial charge in [0.15, 0.2) is 0 Å². The minimum atomic E-state index is -0.716. The number of hydrogen-bond acceptors (Lipinski definition) is 3. The molecule has 5 heteroatoms. The number of nitrogens with zero attached hydrogens (tertiary/aromatic N) is 1. The summed E-state index contributed by atoms with van der Waals surface area (Å²) in [6.07, 6.45) is 16.3. The summed E-state index contributed by atoms with van der Waals surface area (Å²) in [5, 5.41) is 19.4. The maximum atomic E-state index is 10.9. The molecule has 0 atom stereocenters. The molecule has 0 aliphatic heterocycles. The van der Waals surface area contributed by atoms with Gasteiger partial charge in [0.25, 0.3) is 0 Å². The van der Waals surface area contributed by atoms with E-state index in [-0.39, 0.29) is 11.3 Å². The number of hydrogen-bond donors (Lipinski definition) is 1. The molecule has 5 nitrogen and oxygen atoms in total. The first-order chi connectivity index (χ1) is 11.1. The zero-order valence-corrected chi connectivity index (χ0v) is 14.3. The Morgan fingerprint density at radius 2 is 1.61 bits per heavy atom. The first-order valence-corrected chi connectivity index (χ1v) is 8.79. The summed E-state index contributed by atoms with van der Waals surface area (Å²) in [6, 6.07) is 0. The third-order valence-electron chi connectivity index (χ3n) is 3.71. The van der Waals surface area contributed by atoms with Crippen molar-refractivity contribution in [2.45, 2.75) is 84.0 Å². The van der Waals surface area contributed by atoms with Crippen LogP contribution in [0.25, 0.3) is 0 Å². The molecule has 1 N–H and O–H groups in total. The van der Waals surface area contributed by atoms with Gasteiger partial charge in [-0.3, -0.25) is 14.9 Å². The lowest BCUT2D eigenvalue weighted by Crippen LogP contribution is -1.98. The smallest absolute Gasteiger partial charge is 0.303 e. The van der Waals surface area contributed by atoms with Crippen molar-refractivity contribution in [2.24, 2.45) is 0 Å². The van der Waals surface area contributed by atoms with E-state index in [0.29, 0.717) is 12.1 Å². The number of unbranched alkanes of at least 4 members (excludes halogenated alkanes) is 8. The van der Waals surface area contributed by atoms with Crippen molar-refractivity contribution in [2.75, 3.05) is 0 Å². The van der Waals surface area contributed by atoms with Crippen molar-refractivity contribution < 1.29 is 14.8 Å². The summed E-state index contributed by atoms with van der Waals surface area (Å²) in [5.41, 5.74) is 0.299. The van der Waals surface area contributed by atoms with Crippen LogP contribution in [-0.4, -0.2) is 16.0 Å². The molecule has 0 saturated heterocycles. The van der Waals surface area contributed by atoms with Crippen molar-refractivity contribution in [1.29, 1.82) is 0 Å². The van der Waals surface area contributed by atoms with Crippen molar-refractivity contribution in [3.05, 3.63) is 34.0 Å². The topological polar surface area (TPSA) is 80.4 Å². The molecule has 0 rings (SSSR count). The number of carbonyl (C=O) groups is 1. The average Bonchev–Trinajstić information content (AvgIpc) is 2.50. The van der Waals surface area contributed by atoms with Gasteiger partial charge < -0.3 is 5.11 Å². The molecule has 0 heterocycles. The Hall–Kier alpha value is -1.65. The van der Waals surface area contributed by atoms with Crippen LogP contribution in [0.3, 0.4) is 0 Å². The Morgan fingerprint density at radius 1 is 1.00 bits per heavy atom. The van der Waals surface area contributed by atoms with Crippen LogP contribution in [0.1, 0.15) is 84.0 Å². The van der Waals surface area contributed by atoms with Gasteiger partial charge in [-0.2, -0.15) is 0 Å². The Labute approximate surface area is 139 Å². The standard InChI is InChI=1S/C18H31NO4/c1-2-3-11-14-17(19(22)23)15-12-9-7-5-4-6-8-10-13-16-18(20)21/h9,12,15H,2-8,10-11,13-14,16H2,1H3,(H,20,21)/b12-9-,17-15?. The minimum absolute atomic E-state index is 0.270. The van der Waals surface area contributed by atoms with Gasteiger partial charge in [-0.05, 0) is 25.7 Å². The second kappa shape index (κ2) is 15.3. The van der Waals surface area contributed by atoms with Gasteiger partial charge in [0.2, 0.25) is 5.70 Å². The number of allylic oxidation sites excluding steroid dienone is 4. The highest BCUT2D eigenvalue weighted by molar-refractivity contribution is 5.66. The van der Waals surface area contributed by atoms with E-state index < -0.39 is 5.97 Å². The maximum absolute atomic E-state index is 10.9. The molecule has 0 fully saturated rings. The summed E-state index contributed by atoms with van der Waals surface area (Å²) in [5.74, 6) is -0.716. The molecule has 0 spiro atoms. The number of aliphatic carboxylic acids is 1. The van der Waals surface area contributed by atoms with Gasteiger partial charge in [-0.1, -0.05) is 57.6 Å². The number of nitro groups is 1. The zero-order chi connectivity index (χ0) is 17.3. The molecule has 0 unspecified atom stereocenters. The van der Waals surface area contributed by atoms with E-state index in [4.69, 9.17) is 5.11 Å². The van der Waals surface area contributed by atoms with Gasteiger partial charge in [0.1, 0.15) is 0 Å². The average molecular weight is 325 g/mol. The van der Waals surface area contributed by atoms with E-state index in [2.05, 4.69) is 6.92 Å². The summed E-state index contributed by atoms with van der Waals surface area (Å²) < 4.78 is 0. The first kappa shape index (κ1) is 21.4. The van der Waals surface area contributed by atoms with Crippen LogP contribution in [0, 0.1) is 10.1 Å². The lowest BCUT2D eigenvalue weighted by Gasteiger charge is -1.99. The van der Waals surface area contributed by atoms with E-state index in [1.165, 1.54) is 0 Å². The van der Waals surface area contributed by atoms with Crippen LogP contribution in [0.15, 0.2) is 23.9 Å². The second-order valence-electron chi connectivity index (χ2n) is 5.85. The molecule has 23 heavy (non-hydrogen) atoms. The molecule has 0 aromatic carbocycles. The number of rotatable bonds is 15. The quantitative estimate of drug-likeness (QED) is 0.187. The first-order valence-electron chi connectivity index (χ1n) is 8.79. The van der Waals surface area contributed by atoms with Crippen LogP contribution in [0.2, 0.25) is 0 Å². The number of carboxylic acid groups (broad SMARTS) is 1. The van der Waals surface area contributed by atoms with Crippen LogP contribution < -0.4 is 0 Å². The molecular weight excluding hydrogens is 294 g/mol. The van der Waals surface area contributed by atoms with Gasteiger partial charge in [-0.25, -0.2) is 0 Å². The largest absolute Gasteiger partial charge is 0.481 e. The minimum Gasteiger partial charge on any atom is -0.481 e. The van der Waals surface area contributed by atoms with E-state index in [0.717, 1.165) is 64.2 Å². The monoisotopic (exact) mass is 325 g/mol. The van der Waals surface area contributed by atoms with Gasteiger partial charge in [-0.15, -0.1) is 0 Å². The normalized spacial score (nSPS) is 12.0. The zero-order valence-electron chi connectivity index (χ0n) is 14.3. The van der Waals surface area contributed by atoms with Crippen molar-refractivity contribution in [3.63, 3.8) is 0 Å². The van der Waals surface area contributed by atoms with Gasteiger partial charge >= 0.3 is 5.97 Å². The molecular formula is C18H31NO4. The van der Waals surface area contributed by atoms with Crippen molar-refractivity contribution in [1.82, 2.24) is 0 Å². The molecule has 0 aromatic rings. The third kappa shape index (κ3) is 15.0. The van der Waals surface area contributed by atoms with Crippen LogP contribution in [0.4, 0.5) is 0 Å². The fourth-order valence-electron chi connectivity index (χ4n) is 2.31. The predicted octanol–water partition coefficient (Wildman–Crippen LogP) is 5.49. The summed E-state index contributed by atoms with van der Waals surface area (Å²) >= 11 is 0. The summed E-state index contributed by atoms with van der Waals surface area (Å²) in [7, 11) is 0. The molecule has 0 saturated carbocycles. The Kier molecular flexibility index (Phi) is 14.2. The van der Waals surface area contributed by atoms with Crippen LogP contribution >= 0.6 is 0 Å². The Morgan fingerprint density at radius 3 is 2.22 bits per heavy atom. The Bertz CT molecular complexity index is 388. The highest BCUT2D eigenvalue weighted by atomic mass is 16.6. The molecule has 132 valence electrons. The highest BCUT2D eigenvalue weighted by Gasteiger charge is 2.07. The van der Waals surface area contributed by atoms with Gasteiger partial charge in [0.05, 0.1) is 4.92 Å². The van der Waals surface area contributed by atoms with E-state index in [9.17, 15) is 14.9 Å². The molecule has 0 aromatic heterocycles. The van der Waals surface area contributed by atoms with E-state index in [1.54, 1.807) is 12.2 Å². The molecule has 0 aliphatic rings. The summed E-state index contributed by atoms with van der Waals surface area (Å²) in [4.78, 5) is 21.0. The maximum Gasteiger partial charge on any atom is 0.303 e. The second-order valence-corrected chi connectivity index (χ2v) is 5.85. The lowest BCUT2D eigenvalue weighted by molar-refractivity contribution is -0.428. The molecule has 0 bridgehead atoms. The van der Waals surface area contributed by atoms with Crippen molar-refractivity contribution in [3.8, 4) is 0 Å². The highest BCUT2D eigenvalue weighted by Crippen LogP contribution is 2.11. The fraction of sp³-hybridized carbons (Fsp3) is 0.722. The van der Waals surface area contributed by atoms with Crippen LogP contribution in [0.5, 0.6) is 0 Å². The SMILES string of the molecule is CCCCCC(=C/C=C\CCCCCCCCC(=O)O)[N+](=O)[O-]. The number of carboxylic acids is 1. The Balaban J connectivity index is 3.68. The predicted molar refractivity (Wildman–Crippen MR) is 92.9 cm³/mol.